The Kier molecular flexibility index (Phi) is 5.17. The summed E-state index contributed by atoms with van der Waals surface area (Å²) in [5, 5.41) is 4.04. The van der Waals surface area contributed by atoms with Crippen molar-refractivity contribution >= 4 is 28.6 Å². The van der Waals surface area contributed by atoms with Crippen LogP contribution in [0.15, 0.2) is 52.5 Å². The van der Waals surface area contributed by atoms with Gasteiger partial charge in [-0.3, -0.25) is 9.59 Å². The number of hydrogen-bond acceptors (Lipinski definition) is 5. The number of carbonyl (C=O) groups excluding carboxylic acids is 1. The molecule has 1 atom stereocenters. The number of hydrogen-bond donors (Lipinski definition) is 1. The van der Waals surface area contributed by atoms with Gasteiger partial charge in [0.2, 0.25) is 5.91 Å². The normalized spacial score (nSPS) is 14.8. The van der Waals surface area contributed by atoms with Crippen molar-refractivity contribution in [2.75, 3.05) is 5.75 Å². The van der Waals surface area contributed by atoms with Gasteiger partial charge in [-0.1, -0.05) is 23.9 Å². The first-order valence-electron chi connectivity index (χ1n) is 9.40. The van der Waals surface area contributed by atoms with E-state index in [1.807, 2.05) is 44.2 Å². The summed E-state index contributed by atoms with van der Waals surface area (Å²) in [5.74, 6) is 1.27. The van der Waals surface area contributed by atoms with Crippen molar-refractivity contribution in [1.82, 2.24) is 19.9 Å². The zero-order chi connectivity index (χ0) is 19.7. The van der Waals surface area contributed by atoms with Crippen LogP contribution in [0.3, 0.4) is 0 Å². The van der Waals surface area contributed by atoms with Crippen LogP contribution in [0.1, 0.15) is 25.3 Å². The molecule has 6 nitrogen and oxygen atoms in total. The quantitative estimate of drug-likeness (QED) is 0.514. The van der Waals surface area contributed by atoms with Gasteiger partial charge in [-0.25, -0.2) is 14.5 Å². The third kappa shape index (κ3) is 3.94. The van der Waals surface area contributed by atoms with Gasteiger partial charge in [0.15, 0.2) is 5.16 Å². The molecule has 0 aliphatic heterocycles. The van der Waals surface area contributed by atoms with Crippen molar-refractivity contribution in [3.05, 3.63) is 58.5 Å². The van der Waals surface area contributed by atoms with E-state index < -0.39 is 0 Å². The average molecular weight is 395 g/mol. The highest BCUT2D eigenvalue weighted by Gasteiger charge is 2.29. The molecular formula is C21H22N4O2S. The van der Waals surface area contributed by atoms with E-state index in [-0.39, 0.29) is 23.3 Å². The lowest BCUT2D eigenvalue weighted by Crippen LogP contribution is -2.35. The van der Waals surface area contributed by atoms with Gasteiger partial charge in [-0.05, 0) is 62.4 Å². The summed E-state index contributed by atoms with van der Waals surface area (Å²) in [4.78, 5) is 34.5. The van der Waals surface area contributed by atoms with Crippen LogP contribution in [-0.4, -0.2) is 32.2 Å². The van der Waals surface area contributed by atoms with Crippen LogP contribution < -0.4 is 10.9 Å². The molecule has 0 saturated heterocycles. The highest BCUT2D eigenvalue weighted by molar-refractivity contribution is 7.99. The van der Waals surface area contributed by atoms with Crippen LogP contribution in [0, 0.1) is 12.8 Å². The molecule has 1 aromatic carbocycles. The summed E-state index contributed by atoms with van der Waals surface area (Å²) < 4.78 is 1.50. The van der Waals surface area contributed by atoms with Crippen LogP contribution in [0.4, 0.5) is 0 Å². The number of aromatic nitrogens is 3. The summed E-state index contributed by atoms with van der Waals surface area (Å²) in [6.45, 7) is 3.99. The largest absolute Gasteiger partial charge is 0.353 e. The zero-order valence-electron chi connectivity index (χ0n) is 15.9. The van der Waals surface area contributed by atoms with Gasteiger partial charge in [0.05, 0.1) is 16.7 Å². The number of para-hydroxylation sites is 1. The van der Waals surface area contributed by atoms with E-state index in [0.717, 1.165) is 5.56 Å². The minimum absolute atomic E-state index is 0.0458. The lowest BCUT2D eigenvalue weighted by atomic mass is 10.2. The monoisotopic (exact) mass is 394 g/mol. The van der Waals surface area contributed by atoms with E-state index in [9.17, 15) is 9.59 Å². The molecule has 0 radical (unpaired) electrons. The number of nitrogens with zero attached hydrogens (tertiary/aromatic N) is 3. The summed E-state index contributed by atoms with van der Waals surface area (Å²) in [5.41, 5.74) is 1.43. The van der Waals surface area contributed by atoms with Gasteiger partial charge in [0.1, 0.15) is 5.82 Å². The van der Waals surface area contributed by atoms with Crippen molar-refractivity contribution in [2.45, 2.75) is 37.9 Å². The van der Waals surface area contributed by atoms with Gasteiger partial charge >= 0.3 is 0 Å². The second-order valence-electron chi connectivity index (χ2n) is 7.23. The van der Waals surface area contributed by atoms with E-state index in [4.69, 9.17) is 0 Å². The van der Waals surface area contributed by atoms with Crippen molar-refractivity contribution in [1.29, 1.82) is 0 Å². The number of rotatable bonds is 6. The van der Waals surface area contributed by atoms with Gasteiger partial charge in [0, 0.05) is 12.2 Å². The van der Waals surface area contributed by atoms with Crippen LogP contribution in [0.2, 0.25) is 0 Å². The predicted molar refractivity (Wildman–Crippen MR) is 111 cm³/mol. The molecule has 7 heteroatoms. The fourth-order valence-electron chi connectivity index (χ4n) is 3.19. The van der Waals surface area contributed by atoms with Gasteiger partial charge in [-0.15, -0.1) is 0 Å². The first-order chi connectivity index (χ1) is 13.5. The van der Waals surface area contributed by atoms with E-state index >= 15 is 0 Å². The van der Waals surface area contributed by atoms with E-state index in [2.05, 4.69) is 15.3 Å². The second kappa shape index (κ2) is 7.75. The minimum atomic E-state index is -0.182. The maximum Gasteiger partial charge on any atom is 0.267 e. The number of nitrogens with one attached hydrogen (secondary N) is 1. The van der Waals surface area contributed by atoms with E-state index in [1.54, 1.807) is 12.3 Å². The third-order valence-electron chi connectivity index (χ3n) is 4.93. The summed E-state index contributed by atoms with van der Waals surface area (Å²) >= 11 is 1.26. The van der Waals surface area contributed by atoms with Crippen LogP contribution >= 0.6 is 11.8 Å². The second-order valence-corrected chi connectivity index (χ2v) is 8.17. The molecule has 1 N–H and O–H groups in total. The molecule has 1 fully saturated rings. The van der Waals surface area contributed by atoms with Crippen LogP contribution in [-0.2, 0) is 4.79 Å². The molecule has 0 unspecified atom stereocenters. The van der Waals surface area contributed by atoms with Crippen molar-refractivity contribution in [3.8, 4) is 5.82 Å². The molecule has 1 aliphatic rings. The number of pyridine rings is 1. The number of amides is 1. The fraction of sp³-hybridized carbons (Fsp3) is 0.333. The number of carbonyl (C=O) groups is 1. The molecule has 2 aromatic heterocycles. The molecule has 0 bridgehead atoms. The van der Waals surface area contributed by atoms with Crippen molar-refractivity contribution in [3.63, 3.8) is 0 Å². The average Bonchev–Trinajstić information content (AvgIpc) is 3.52. The summed E-state index contributed by atoms with van der Waals surface area (Å²) in [6, 6.07) is 11.2. The fourth-order valence-corrected chi connectivity index (χ4v) is 4.01. The number of benzene rings is 1. The standard InChI is InChI=1S/C21H22N4O2S/c1-13-9-10-22-18(11-13)25-20(27)16-5-3-4-6-17(16)24-21(25)28-12-19(26)23-14(2)15-7-8-15/h3-6,9-11,14-15H,7-8,12H2,1-2H3,(H,23,26)/t14-/m0/s1. The molecular weight excluding hydrogens is 372 g/mol. The molecule has 144 valence electrons. The Bertz CT molecular complexity index is 1090. The Balaban J connectivity index is 1.68. The van der Waals surface area contributed by atoms with E-state index in [1.165, 1.54) is 29.2 Å². The Morgan fingerprint density at radius 3 is 2.86 bits per heavy atom. The van der Waals surface area contributed by atoms with Crippen molar-refractivity contribution < 1.29 is 4.79 Å². The highest BCUT2D eigenvalue weighted by Crippen LogP contribution is 2.32. The molecule has 2 heterocycles. The molecule has 4 rings (SSSR count). The van der Waals surface area contributed by atoms with Crippen LogP contribution in [0.25, 0.3) is 16.7 Å². The van der Waals surface area contributed by atoms with Gasteiger partial charge < -0.3 is 5.32 Å². The Hall–Kier alpha value is -2.67. The number of thioether (sulfide) groups is 1. The predicted octanol–water partition coefficient (Wildman–Crippen LogP) is 3.10. The smallest absolute Gasteiger partial charge is 0.267 e. The van der Waals surface area contributed by atoms with Crippen molar-refractivity contribution in [2.24, 2.45) is 5.92 Å². The molecule has 1 amide bonds. The van der Waals surface area contributed by atoms with Gasteiger partial charge in [0.25, 0.3) is 5.56 Å². The number of fused-ring (bicyclic) bond motifs is 1. The topological polar surface area (TPSA) is 76.9 Å². The van der Waals surface area contributed by atoms with E-state index in [0.29, 0.717) is 27.8 Å². The molecule has 3 aromatic rings. The summed E-state index contributed by atoms with van der Waals surface area (Å²) in [7, 11) is 0. The minimum Gasteiger partial charge on any atom is -0.353 e. The molecule has 1 saturated carbocycles. The maximum absolute atomic E-state index is 13.2. The Morgan fingerprint density at radius 2 is 2.11 bits per heavy atom. The first-order valence-corrected chi connectivity index (χ1v) is 10.4. The van der Waals surface area contributed by atoms with Gasteiger partial charge in [-0.2, -0.15) is 0 Å². The molecule has 0 spiro atoms. The number of aryl methyl sites for hydroxylation is 1. The Labute approximate surface area is 167 Å². The zero-order valence-corrected chi connectivity index (χ0v) is 16.7. The lowest BCUT2D eigenvalue weighted by Gasteiger charge is -2.14. The molecule has 1 aliphatic carbocycles. The third-order valence-corrected chi connectivity index (χ3v) is 5.86. The van der Waals surface area contributed by atoms with Crippen LogP contribution in [0.5, 0.6) is 0 Å². The SMILES string of the molecule is Cc1ccnc(-n2c(SCC(=O)N[C@@H](C)C3CC3)nc3ccccc3c2=O)c1. The summed E-state index contributed by atoms with van der Waals surface area (Å²) in [6.07, 6.45) is 4.03. The molecule has 28 heavy (non-hydrogen) atoms. The lowest BCUT2D eigenvalue weighted by molar-refractivity contribution is -0.119. The highest BCUT2D eigenvalue weighted by atomic mass is 32.2. The maximum atomic E-state index is 13.2. The first kappa shape index (κ1) is 18.7. The Morgan fingerprint density at radius 1 is 1.32 bits per heavy atom.